The average molecular weight is 205 g/mol. The SMILES string of the molecule is CN(C)C(=S)c1cc2ccccc2o1. The molecule has 0 bridgehead atoms. The normalized spacial score (nSPS) is 10.4. The van der Waals surface area contributed by atoms with Crippen LogP contribution in [0, 0.1) is 0 Å². The highest BCUT2D eigenvalue weighted by Gasteiger charge is 2.09. The molecule has 0 aliphatic heterocycles. The minimum Gasteiger partial charge on any atom is -0.454 e. The Balaban J connectivity index is 2.50. The van der Waals surface area contributed by atoms with Gasteiger partial charge in [-0.3, -0.25) is 0 Å². The third-order valence-electron chi connectivity index (χ3n) is 2.04. The number of thiocarbonyl (C=S) groups is 1. The maximum absolute atomic E-state index is 5.61. The van der Waals surface area contributed by atoms with Crippen LogP contribution in [0.1, 0.15) is 5.76 Å². The van der Waals surface area contributed by atoms with Gasteiger partial charge in [-0.2, -0.15) is 0 Å². The van der Waals surface area contributed by atoms with Gasteiger partial charge in [0.05, 0.1) is 0 Å². The number of rotatable bonds is 1. The fourth-order valence-corrected chi connectivity index (χ4v) is 1.41. The third-order valence-corrected chi connectivity index (χ3v) is 2.61. The molecule has 0 saturated carbocycles. The van der Waals surface area contributed by atoms with Crippen molar-refractivity contribution in [2.75, 3.05) is 14.1 Å². The first kappa shape index (κ1) is 9.21. The number of furan rings is 1. The fourth-order valence-electron chi connectivity index (χ4n) is 1.31. The minimum absolute atomic E-state index is 0.723. The van der Waals surface area contributed by atoms with E-state index in [0.29, 0.717) is 0 Å². The maximum atomic E-state index is 5.61. The van der Waals surface area contributed by atoms with Crippen LogP contribution in [0.4, 0.5) is 0 Å². The van der Waals surface area contributed by atoms with Crippen molar-refractivity contribution in [3.05, 3.63) is 36.1 Å². The zero-order valence-corrected chi connectivity index (χ0v) is 8.97. The summed E-state index contributed by atoms with van der Waals surface area (Å²) < 4.78 is 5.61. The van der Waals surface area contributed by atoms with Crippen molar-refractivity contribution < 1.29 is 4.42 Å². The molecule has 0 spiro atoms. The van der Waals surface area contributed by atoms with Crippen molar-refractivity contribution in [2.45, 2.75) is 0 Å². The number of hydrogen-bond donors (Lipinski definition) is 0. The zero-order valence-electron chi connectivity index (χ0n) is 8.15. The van der Waals surface area contributed by atoms with E-state index in [1.54, 1.807) is 0 Å². The predicted octanol–water partition coefficient (Wildman–Crippen LogP) is 2.67. The Morgan fingerprint density at radius 1 is 1.29 bits per heavy atom. The summed E-state index contributed by atoms with van der Waals surface area (Å²) in [6.45, 7) is 0. The lowest BCUT2D eigenvalue weighted by Gasteiger charge is -2.09. The van der Waals surface area contributed by atoms with E-state index in [2.05, 4.69) is 0 Å². The van der Waals surface area contributed by atoms with Gasteiger partial charge in [0.25, 0.3) is 0 Å². The summed E-state index contributed by atoms with van der Waals surface area (Å²) >= 11 is 5.22. The second kappa shape index (κ2) is 3.42. The monoisotopic (exact) mass is 205 g/mol. The van der Waals surface area contributed by atoms with E-state index in [4.69, 9.17) is 16.6 Å². The smallest absolute Gasteiger partial charge is 0.162 e. The van der Waals surface area contributed by atoms with Crippen molar-refractivity contribution >= 4 is 28.2 Å². The third kappa shape index (κ3) is 1.51. The number of fused-ring (bicyclic) bond motifs is 1. The second-order valence-electron chi connectivity index (χ2n) is 3.35. The maximum Gasteiger partial charge on any atom is 0.162 e. The molecule has 72 valence electrons. The van der Waals surface area contributed by atoms with E-state index in [1.165, 1.54) is 0 Å². The van der Waals surface area contributed by atoms with Crippen LogP contribution < -0.4 is 0 Å². The number of para-hydroxylation sites is 1. The first-order valence-corrected chi connectivity index (χ1v) is 4.79. The first-order valence-electron chi connectivity index (χ1n) is 4.39. The van der Waals surface area contributed by atoms with E-state index in [9.17, 15) is 0 Å². The first-order chi connectivity index (χ1) is 6.68. The van der Waals surface area contributed by atoms with Crippen LogP contribution in [0.25, 0.3) is 11.0 Å². The molecule has 3 heteroatoms. The molecule has 0 amide bonds. The van der Waals surface area contributed by atoms with Gasteiger partial charge >= 0.3 is 0 Å². The van der Waals surface area contributed by atoms with Crippen LogP contribution in [0.5, 0.6) is 0 Å². The summed E-state index contributed by atoms with van der Waals surface area (Å²) in [5, 5.41) is 1.09. The largest absolute Gasteiger partial charge is 0.454 e. The molecule has 2 aromatic rings. The highest BCUT2D eigenvalue weighted by Crippen LogP contribution is 2.19. The number of nitrogens with zero attached hydrogens (tertiary/aromatic N) is 1. The topological polar surface area (TPSA) is 16.4 Å². The minimum atomic E-state index is 0.723. The molecule has 2 nitrogen and oxygen atoms in total. The standard InChI is InChI=1S/C11H11NOS/c1-12(2)11(14)10-7-8-5-3-4-6-9(8)13-10/h3-7H,1-2H3. The summed E-state index contributed by atoms with van der Waals surface area (Å²) in [4.78, 5) is 2.59. The molecule has 0 N–H and O–H groups in total. The van der Waals surface area contributed by atoms with Gasteiger partial charge in [-0.1, -0.05) is 30.4 Å². The molecular weight excluding hydrogens is 194 g/mol. The zero-order chi connectivity index (χ0) is 10.1. The number of hydrogen-bond acceptors (Lipinski definition) is 2. The van der Waals surface area contributed by atoms with Crippen molar-refractivity contribution in [2.24, 2.45) is 0 Å². The Bertz CT molecular complexity index is 440. The quantitative estimate of drug-likeness (QED) is 0.666. The molecule has 0 radical (unpaired) electrons. The molecule has 0 unspecified atom stereocenters. The Hall–Kier alpha value is -1.35. The molecule has 0 aliphatic carbocycles. The summed E-state index contributed by atoms with van der Waals surface area (Å²) in [5.41, 5.74) is 0.881. The molecule has 0 saturated heterocycles. The summed E-state index contributed by atoms with van der Waals surface area (Å²) in [6.07, 6.45) is 0. The highest BCUT2D eigenvalue weighted by molar-refractivity contribution is 7.80. The van der Waals surface area contributed by atoms with Crippen LogP contribution >= 0.6 is 12.2 Å². The van der Waals surface area contributed by atoms with E-state index in [-0.39, 0.29) is 0 Å². The Kier molecular flexibility index (Phi) is 2.25. The van der Waals surface area contributed by atoms with E-state index in [1.807, 2.05) is 49.3 Å². The highest BCUT2D eigenvalue weighted by atomic mass is 32.1. The van der Waals surface area contributed by atoms with E-state index < -0.39 is 0 Å². The van der Waals surface area contributed by atoms with Crippen LogP contribution in [0.15, 0.2) is 34.7 Å². The van der Waals surface area contributed by atoms with Crippen LogP contribution in [0.3, 0.4) is 0 Å². The average Bonchev–Trinajstić information content (AvgIpc) is 2.59. The van der Waals surface area contributed by atoms with Crippen LogP contribution in [0.2, 0.25) is 0 Å². The van der Waals surface area contributed by atoms with E-state index >= 15 is 0 Å². The molecule has 14 heavy (non-hydrogen) atoms. The molecule has 1 heterocycles. The Morgan fingerprint density at radius 2 is 2.00 bits per heavy atom. The van der Waals surface area contributed by atoms with Gasteiger partial charge in [0.15, 0.2) is 5.76 Å². The fraction of sp³-hybridized carbons (Fsp3) is 0.182. The molecule has 0 fully saturated rings. The van der Waals surface area contributed by atoms with Crippen molar-refractivity contribution in [3.63, 3.8) is 0 Å². The van der Waals surface area contributed by atoms with Gasteiger partial charge in [0, 0.05) is 19.5 Å². The van der Waals surface area contributed by atoms with Crippen molar-refractivity contribution in [3.8, 4) is 0 Å². The number of benzene rings is 1. The van der Waals surface area contributed by atoms with Gasteiger partial charge in [-0.25, -0.2) is 0 Å². The molecule has 1 aromatic carbocycles. The van der Waals surface area contributed by atoms with Gasteiger partial charge in [0.2, 0.25) is 0 Å². The van der Waals surface area contributed by atoms with Crippen LogP contribution in [-0.2, 0) is 0 Å². The summed E-state index contributed by atoms with van der Waals surface area (Å²) in [6, 6.07) is 9.87. The lowest BCUT2D eigenvalue weighted by atomic mass is 10.2. The van der Waals surface area contributed by atoms with Gasteiger partial charge in [0.1, 0.15) is 10.6 Å². The Labute approximate surface area is 88.1 Å². The van der Waals surface area contributed by atoms with Gasteiger partial charge in [-0.15, -0.1) is 0 Å². The summed E-state index contributed by atoms with van der Waals surface area (Å²) in [5.74, 6) is 0.756. The lowest BCUT2D eigenvalue weighted by Crippen LogP contribution is -2.19. The van der Waals surface area contributed by atoms with Crippen molar-refractivity contribution in [1.82, 2.24) is 4.90 Å². The van der Waals surface area contributed by atoms with E-state index in [0.717, 1.165) is 21.7 Å². The van der Waals surface area contributed by atoms with Gasteiger partial charge in [-0.05, 0) is 12.1 Å². The molecule has 0 atom stereocenters. The molecule has 1 aromatic heterocycles. The second-order valence-corrected chi connectivity index (χ2v) is 3.73. The lowest BCUT2D eigenvalue weighted by molar-refractivity contribution is 0.566. The Morgan fingerprint density at radius 3 is 2.64 bits per heavy atom. The van der Waals surface area contributed by atoms with Gasteiger partial charge < -0.3 is 9.32 Å². The predicted molar refractivity (Wildman–Crippen MR) is 61.6 cm³/mol. The van der Waals surface area contributed by atoms with Crippen LogP contribution in [-0.4, -0.2) is 24.0 Å². The molecular formula is C11H11NOS. The summed E-state index contributed by atoms with van der Waals surface area (Å²) in [7, 11) is 3.82. The molecule has 2 rings (SSSR count). The van der Waals surface area contributed by atoms with Crippen molar-refractivity contribution in [1.29, 1.82) is 0 Å². The molecule has 0 aliphatic rings.